The first-order valence-electron chi connectivity index (χ1n) is 6.35. The molecule has 0 aliphatic heterocycles. The minimum atomic E-state index is -0.383. The van der Waals surface area contributed by atoms with Crippen molar-refractivity contribution in [3.05, 3.63) is 64.2 Å². The van der Waals surface area contributed by atoms with E-state index < -0.39 is 0 Å². The standard InChI is InChI=1S/C17H12ClNO3/c1-22-15-9-11(8-14(18)17(15)21)7-13(10-19)16(20)12-5-3-2-4-6-12/h2-9,21H,1H3/b13-7-. The molecule has 0 unspecified atom stereocenters. The molecule has 22 heavy (non-hydrogen) atoms. The summed E-state index contributed by atoms with van der Waals surface area (Å²) < 4.78 is 5.00. The largest absolute Gasteiger partial charge is 0.503 e. The van der Waals surface area contributed by atoms with Gasteiger partial charge in [0.15, 0.2) is 11.5 Å². The van der Waals surface area contributed by atoms with E-state index in [0.29, 0.717) is 11.1 Å². The van der Waals surface area contributed by atoms with Gasteiger partial charge in [0.2, 0.25) is 5.78 Å². The van der Waals surface area contributed by atoms with Gasteiger partial charge in [0.1, 0.15) is 11.6 Å². The molecule has 0 spiro atoms. The number of halogens is 1. The average Bonchev–Trinajstić information content (AvgIpc) is 2.55. The Morgan fingerprint density at radius 1 is 1.32 bits per heavy atom. The van der Waals surface area contributed by atoms with Crippen LogP contribution in [0.1, 0.15) is 15.9 Å². The van der Waals surface area contributed by atoms with E-state index in [1.807, 2.05) is 6.07 Å². The summed E-state index contributed by atoms with van der Waals surface area (Å²) in [5, 5.41) is 19.0. The molecule has 0 bridgehead atoms. The maximum absolute atomic E-state index is 12.3. The second-order valence-corrected chi connectivity index (χ2v) is 4.83. The summed E-state index contributed by atoms with van der Waals surface area (Å²) in [6, 6.07) is 13.3. The molecule has 2 rings (SSSR count). The number of nitrogens with zero attached hydrogens (tertiary/aromatic N) is 1. The summed E-state index contributed by atoms with van der Waals surface area (Å²) in [7, 11) is 1.39. The molecule has 0 aromatic heterocycles. The van der Waals surface area contributed by atoms with Crippen molar-refractivity contribution in [2.75, 3.05) is 7.11 Å². The lowest BCUT2D eigenvalue weighted by Gasteiger charge is -2.07. The molecule has 4 nitrogen and oxygen atoms in total. The van der Waals surface area contributed by atoms with E-state index in [9.17, 15) is 15.2 Å². The lowest BCUT2D eigenvalue weighted by molar-refractivity contribution is 0.104. The van der Waals surface area contributed by atoms with Gasteiger partial charge in [-0.25, -0.2) is 0 Å². The summed E-state index contributed by atoms with van der Waals surface area (Å²) >= 11 is 5.89. The molecule has 0 saturated carbocycles. The van der Waals surface area contributed by atoms with Crippen LogP contribution in [0.15, 0.2) is 48.0 Å². The first kappa shape index (κ1) is 15.6. The Morgan fingerprint density at radius 3 is 2.59 bits per heavy atom. The van der Waals surface area contributed by atoms with Crippen LogP contribution < -0.4 is 4.74 Å². The minimum Gasteiger partial charge on any atom is -0.503 e. The number of phenols is 1. The van der Waals surface area contributed by atoms with Crippen molar-refractivity contribution in [2.24, 2.45) is 0 Å². The van der Waals surface area contributed by atoms with Gasteiger partial charge in [0, 0.05) is 5.56 Å². The lowest BCUT2D eigenvalue weighted by atomic mass is 10.0. The van der Waals surface area contributed by atoms with E-state index in [2.05, 4.69) is 0 Å². The van der Waals surface area contributed by atoms with Crippen molar-refractivity contribution in [3.63, 3.8) is 0 Å². The van der Waals surface area contributed by atoms with Gasteiger partial charge in [-0.15, -0.1) is 0 Å². The molecule has 0 aliphatic carbocycles. The second-order valence-electron chi connectivity index (χ2n) is 4.42. The number of hydrogen-bond donors (Lipinski definition) is 1. The van der Waals surface area contributed by atoms with E-state index in [-0.39, 0.29) is 27.9 Å². The molecule has 0 saturated heterocycles. The third kappa shape index (κ3) is 3.27. The number of benzene rings is 2. The Balaban J connectivity index is 2.44. The molecule has 5 heteroatoms. The number of carbonyl (C=O) groups excluding carboxylic acids is 1. The molecule has 0 atom stereocenters. The molecule has 0 fully saturated rings. The topological polar surface area (TPSA) is 70.3 Å². The maximum atomic E-state index is 12.3. The number of ketones is 1. The van der Waals surface area contributed by atoms with Crippen LogP contribution in [0, 0.1) is 11.3 Å². The van der Waals surface area contributed by atoms with Crippen LogP contribution in [0.4, 0.5) is 0 Å². The molecule has 0 heterocycles. The molecule has 2 aromatic carbocycles. The van der Waals surface area contributed by atoms with Gasteiger partial charge >= 0.3 is 0 Å². The number of aromatic hydroxyl groups is 1. The Hall–Kier alpha value is -2.77. The molecule has 1 N–H and O–H groups in total. The van der Waals surface area contributed by atoms with Crippen molar-refractivity contribution >= 4 is 23.5 Å². The summed E-state index contributed by atoms with van der Waals surface area (Å²) in [4.78, 5) is 12.3. The van der Waals surface area contributed by atoms with Crippen LogP contribution in [-0.2, 0) is 0 Å². The van der Waals surface area contributed by atoms with Gasteiger partial charge in [0.25, 0.3) is 0 Å². The van der Waals surface area contributed by atoms with Crippen molar-refractivity contribution < 1.29 is 14.6 Å². The highest BCUT2D eigenvalue weighted by Crippen LogP contribution is 2.35. The molecule has 110 valence electrons. The molecule has 2 aromatic rings. The summed E-state index contributed by atoms with van der Waals surface area (Å²) in [6.45, 7) is 0. The van der Waals surface area contributed by atoms with Crippen LogP contribution in [-0.4, -0.2) is 18.0 Å². The monoisotopic (exact) mass is 313 g/mol. The Bertz CT molecular complexity index is 776. The molecular weight excluding hydrogens is 302 g/mol. The van der Waals surface area contributed by atoms with E-state index in [4.69, 9.17) is 16.3 Å². The third-order valence-corrected chi connectivity index (χ3v) is 3.27. The second kappa shape index (κ2) is 6.79. The predicted molar refractivity (Wildman–Crippen MR) is 84.0 cm³/mol. The van der Waals surface area contributed by atoms with Crippen LogP contribution in [0.2, 0.25) is 5.02 Å². The van der Waals surface area contributed by atoms with Gasteiger partial charge in [-0.05, 0) is 23.8 Å². The maximum Gasteiger partial charge on any atom is 0.203 e. The van der Waals surface area contributed by atoms with E-state index in [1.54, 1.807) is 30.3 Å². The van der Waals surface area contributed by atoms with E-state index in [1.165, 1.54) is 25.3 Å². The smallest absolute Gasteiger partial charge is 0.203 e. The number of hydrogen-bond acceptors (Lipinski definition) is 4. The number of phenolic OH excluding ortho intramolecular Hbond substituents is 1. The number of ether oxygens (including phenoxy) is 1. The highest BCUT2D eigenvalue weighted by atomic mass is 35.5. The fourth-order valence-electron chi connectivity index (χ4n) is 1.89. The van der Waals surface area contributed by atoms with Crippen LogP contribution in [0.3, 0.4) is 0 Å². The molecule has 0 amide bonds. The van der Waals surface area contributed by atoms with Gasteiger partial charge in [0.05, 0.1) is 12.1 Å². The summed E-state index contributed by atoms with van der Waals surface area (Å²) in [5.41, 5.74) is 0.877. The number of Topliss-reactive ketones (excluding diaryl/α,β-unsaturated/α-hetero) is 1. The van der Waals surface area contributed by atoms with E-state index in [0.717, 1.165) is 0 Å². The summed E-state index contributed by atoms with van der Waals surface area (Å²) in [5.74, 6) is -0.399. The van der Waals surface area contributed by atoms with Crippen molar-refractivity contribution in [2.45, 2.75) is 0 Å². The quantitative estimate of drug-likeness (QED) is 0.529. The van der Waals surface area contributed by atoms with E-state index >= 15 is 0 Å². The third-order valence-electron chi connectivity index (χ3n) is 2.98. The number of allylic oxidation sites excluding steroid dienone is 1. The van der Waals surface area contributed by atoms with Gasteiger partial charge in [-0.3, -0.25) is 4.79 Å². The molecular formula is C17H12ClNO3. The zero-order chi connectivity index (χ0) is 16.1. The average molecular weight is 314 g/mol. The van der Waals surface area contributed by atoms with Crippen molar-refractivity contribution in [1.82, 2.24) is 0 Å². The number of carbonyl (C=O) groups is 1. The van der Waals surface area contributed by atoms with Crippen molar-refractivity contribution in [1.29, 1.82) is 5.26 Å². The highest BCUT2D eigenvalue weighted by molar-refractivity contribution is 6.32. The Kier molecular flexibility index (Phi) is 4.82. The van der Waals surface area contributed by atoms with Gasteiger partial charge in [-0.2, -0.15) is 5.26 Å². The normalized spacial score (nSPS) is 10.9. The lowest BCUT2D eigenvalue weighted by Crippen LogP contribution is -2.01. The zero-order valence-corrected chi connectivity index (χ0v) is 12.5. The fourth-order valence-corrected chi connectivity index (χ4v) is 2.11. The molecule has 0 aliphatic rings. The minimum absolute atomic E-state index is 0.0324. The summed E-state index contributed by atoms with van der Waals surface area (Å²) in [6.07, 6.45) is 1.41. The van der Waals surface area contributed by atoms with Crippen molar-refractivity contribution in [3.8, 4) is 17.6 Å². The molecule has 0 radical (unpaired) electrons. The Morgan fingerprint density at radius 2 is 2.00 bits per heavy atom. The van der Waals surface area contributed by atoms with Gasteiger partial charge < -0.3 is 9.84 Å². The SMILES string of the molecule is COc1cc(/C=C(/C#N)C(=O)c2ccccc2)cc(Cl)c1O. The van der Waals surface area contributed by atoms with Gasteiger partial charge in [-0.1, -0.05) is 41.9 Å². The highest BCUT2D eigenvalue weighted by Gasteiger charge is 2.13. The number of nitriles is 1. The Labute approximate surface area is 132 Å². The van der Waals surface area contributed by atoms with Crippen LogP contribution >= 0.6 is 11.6 Å². The zero-order valence-electron chi connectivity index (χ0n) is 11.7. The first-order valence-corrected chi connectivity index (χ1v) is 6.72. The number of methoxy groups -OCH3 is 1. The number of rotatable bonds is 4. The predicted octanol–water partition coefficient (Wildman–Crippen LogP) is 3.84. The van der Waals surface area contributed by atoms with Crippen LogP contribution in [0.5, 0.6) is 11.5 Å². The first-order chi connectivity index (χ1) is 10.6. The van der Waals surface area contributed by atoms with Crippen LogP contribution in [0.25, 0.3) is 6.08 Å². The fraction of sp³-hybridized carbons (Fsp3) is 0.0588.